The summed E-state index contributed by atoms with van der Waals surface area (Å²) < 4.78 is 5.46. The average Bonchev–Trinajstić information content (AvgIpc) is 2.69. The van der Waals surface area contributed by atoms with Crippen LogP contribution in [0.1, 0.15) is 35.6 Å². The van der Waals surface area contributed by atoms with Crippen LogP contribution >= 0.6 is 0 Å². The van der Waals surface area contributed by atoms with Gasteiger partial charge in [0, 0.05) is 11.6 Å². The molecule has 0 spiro atoms. The van der Waals surface area contributed by atoms with Gasteiger partial charge in [-0.3, -0.25) is 0 Å². The number of aromatic hydroxyl groups is 1. The largest absolute Gasteiger partial charge is 0.508 e. The molecule has 0 saturated carbocycles. The van der Waals surface area contributed by atoms with E-state index in [2.05, 4.69) is 48.6 Å². The Balaban J connectivity index is 1.84. The maximum atomic E-state index is 9.70. The Morgan fingerprint density at radius 2 is 1.62 bits per heavy atom. The summed E-state index contributed by atoms with van der Waals surface area (Å²) in [6.07, 6.45) is 0. The highest BCUT2D eigenvalue weighted by Crippen LogP contribution is 2.48. The van der Waals surface area contributed by atoms with Crippen LogP contribution in [0.25, 0.3) is 0 Å². The molecule has 0 radical (unpaired) electrons. The Bertz CT molecular complexity index is 890. The quantitative estimate of drug-likeness (QED) is 0.673. The highest BCUT2D eigenvalue weighted by molar-refractivity contribution is 5.62. The zero-order valence-corrected chi connectivity index (χ0v) is 15.0. The Morgan fingerprint density at radius 1 is 0.885 bits per heavy atom. The SMILES string of the molecule is COc1ccc2c(c1)[C@@H](c1ccc(O)cc1)[C@H](C)[C@@H](c1ccccc1)N2. The summed E-state index contributed by atoms with van der Waals surface area (Å²) in [6.45, 7) is 2.28. The number of anilines is 1. The van der Waals surface area contributed by atoms with Crippen LogP contribution in [0.15, 0.2) is 72.8 Å². The van der Waals surface area contributed by atoms with E-state index >= 15 is 0 Å². The molecule has 0 aromatic heterocycles. The summed E-state index contributed by atoms with van der Waals surface area (Å²) in [7, 11) is 1.70. The second kappa shape index (κ2) is 6.75. The molecule has 0 amide bonds. The highest BCUT2D eigenvalue weighted by atomic mass is 16.5. The van der Waals surface area contributed by atoms with Gasteiger partial charge in [-0.25, -0.2) is 0 Å². The topological polar surface area (TPSA) is 41.5 Å². The summed E-state index contributed by atoms with van der Waals surface area (Å²) in [6, 6.07) is 24.6. The number of phenolic OH excluding ortho intramolecular Hbond substituents is 1. The second-order valence-corrected chi connectivity index (χ2v) is 6.91. The van der Waals surface area contributed by atoms with Crippen molar-refractivity contribution < 1.29 is 9.84 Å². The van der Waals surface area contributed by atoms with E-state index in [0.29, 0.717) is 11.7 Å². The molecule has 4 rings (SSSR count). The third-order valence-corrected chi connectivity index (χ3v) is 5.37. The van der Waals surface area contributed by atoms with Gasteiger partial charge in [-0.2, -0.15) is 0 Å². The van der Waals surface area contributed by atoms with Crippen molar-refractivity contribution in [3.05, 3.63) is 89.5 Å². The van der Waals surface area contributed by atoms with Crippen LogP contribution in [0.2, 0.25) is 0 Å². The molecule has 0 fully saturated rings. The minimum Gasteiger partial charge on any atom is -0.508 e. The van der Waals surface area contributed by atoms with Crippen LogP contribution in [-0.2, 0) is 0 Å². The maximum absolute atomic E-state index is 9.70. The number of methoxy groups -OCH3 is 1. The maximum Gasteiger partial charge on any atom is 0.119 e. The number of fused-ring (bicyclic) bond motifs is 1. The van der Waals surface area contributed by atoms with Crippen LogP contribution in [0.4, 0.5) is 5.69 Å². The van der Waals surface area contributed by atoms with E-state index in [0.717, 1.165) is 11.4 Å². The number of hydrogen-bond donors (Lipinski definition) is 2. The molecule has 3 nitrogen and oxygen atoms in total. The number of phenols is 1. The van der Waals surface area contributed by atoms with Crippen molar-refractivity contribution in [1.29, 1.82) is 0 Å². The fourth-order valence-electron chi connectivity index (χ4n) is 4.04. The van der Waals surface area contributed by atoms with Gasteiger partial charge >= 0.3 is 0 Å². The van der Waals surface area contributed by atoms with Crippen molar-refractivity contribution in [2.24, 2.45) is 5.92 Å². The number of ether oxygens (including phenoxy) is 1. The first-order chi connectivity index (χ1) is 12.7. The number of nitrogens with one attached hydrogen (secondary N) is 1. The Labute approximate surface area is 154 Å². The van der Waals surface area contributed by atoms with Crippen molar-refractivity contribution >= 4 is 5.69 Å². The molecule has 1 aliphatic heterocycles. The van der Waals surface area contributed by atoms with Crippen LogP contribution in [-0.4, -0.2) is 12.2 Å². The predicted octanol–water partition coefficient (Wildman–Crippen LogP) is 5.34. The molecule has 3 atom stereocenters. The molecule has 1 aliphatic rings. The zero-order valence-electron chi connectivity index (χ0n) is 15.0. The van der Waals surface area contributed by atoms with Gasteiger partial charge in [-0.15, -0.1) is 0 Å². The fourth-order valence-corrected chi connectivity index (χ4v) is 4.04. The lowest BCUT2D eigenvalue weighted by Gasteiger charge is -2.40. The van der Waals surface area contributed by atoms with Crippen molar-refractivity contribution in [3.8, 4) is 11.5 Å². The van der Waals surface area contributed by atoms with E-state index in [-0.39, 0.29) is 12.0 Å². The zero-order chi connectivity index (χ0) is 18.1. The minimum atomic E-state index is 0.215. The normalized spacial score (nSPS) is 21.5. The van der Waals surface area contributed by atoms with Crippen molar-refractivity contribution in [2.75, 3.05) is 12.4 Å². The van der Waals surface area contributed by atoms with Crippen LogP contribution < -0.4 is 10.1 Å². The summed E-state index contributed by atoms with van der Waals surface area (Å²) in [5.74, 6) is 1.70. The van der Waals surface area contributed by atoms with Crippen molar-refractivity contribution in [1.82, 2.24) is 0 Å². The van der Waals surface area contributed by atoms with Gasteiger partial charge in [0.2, 0.25) is 0 Å². The molecule has 0 bridgehead atoms. The molecular formula is C23H23NO2. The number of rotatable bonds is 3. The van der Waals surface area contributed by atoms with Gasteiger partial charge in [0.15, 0.2) is 0 Å². The van der Waals surface area contributed by atoms with Gasteiger partial charge in [-0.1, -0.05) is 49.4 Å². The second-order valence-electron chi connectivity index (χ2n) is 6.91. The molecule has 3 heteroatoms. The highest BCUT2D eigenvalue weighted by Gasteiger charge is 2.35. The van der Waals surface area contributed by atoms with E-state index < -0.39 is 0 Å². The van der Waals surface area contributed by atoms with E-state index in [1.165, 1.54) is 16.7 Å². The first-order valence-electron chi connectivity index (χ1n) is 8.95. The third kappa shape index (κ3) is 2.90. The Kier molecular flexibility index (Phi) is 4.29. The fraction of sp³-hybridized carbons (Fsp3) is 0.217. The predicted molar refractivity (Wildman–Crippen MR) is 105 cm³/mol. The van der Waals surface area contributed by atoms with E-state index in [1.54, 1.807) is 19.2 Å². The average molecular weight is 345 g/mol. The molecule has 0 unspecified atom stereocenters. The van der Waals surface area contributed by atoms with E-state index in [4.69, 9.17) is 4.74 Å². The van der Waals surface area contributed by atoms with Gasteiger partial charge in [0.05, 0.1) is 13.2 Å². The first kappa shape index (κ1) is 16.5. The monoisotopic (exact) mass is 345 g/mol. The summed E-state index contributed by atoms with van der Waals surface area (Å²) in [5.41, 5.74) is 4.85. The van der Waals surface area contributed by atoms with Crippen LogP contribution in [0, 0.1) is 5.92 Å². The number of hydrogen-bond acceptors (Lipinski definition) is 3. The Hall–Kier alpha value is -2.94. The van der Waals surface area contributed by atoms with Crippen LogP contribution in [0.3, 0.4) is 0 Å². The molecule has 132 valence electrons. The van der Waals surface area contributed by atoms with E-state index in [1.807, 2.05) is 24.3 Å². The molecule has 0 aliphatic carbocycles. The lowest BCUT2D eigenvalue weighted by atomic mass is 9.73. The molecule has 26 heavy (non-hydrogen) atoms. The number of benzene rings is 3. The van der Waals surface area contributed by atoms with E-state index in [9.17, 15) is 5.11 Å². The Morgan fingerprint density at radius 3 is 2.31 bits per heavy atom. The smallest absolute Gasteiger partial charge is 0.119 e. The standard InChI is InChI=1S/C23H23NO2/c1-15-22(16-8-10-18(25)11-9-16)20-14-19(26-2)12-13-21(20)24-23(15)17-6-4-3-5-7-17/h3-15,22-25H,1-2H3/t15-,22+,23-/m0/s1. The molecule has 2 N–H and O–H groups in total. The molecular weight excluding hydrogens is 322 g/mol. The lowest BCUT2D eigenvalue weighted by Crippen LogP contribution is -2.30. The summed E-state index contributed by atoms with van der Waals surface area (Å²) in [5, 5.41) is 13.4. The molecule has 0 saturated heterocycles. The molecule has 1 heterocycles. The summed E-state index contributed by atoms with van der Waals surface area (Å²) in [4.78, 5) is 0. The van der Waals surface area contributed by atoms with Crippen molar-refractivity contribution in [2.45, 2.75) is 18.9 Å². The van der Waals surface area contributed by atoms with Crippen LogP contribution in [0.5, 0.6) is 11.5 Å². The minimum absolute atomic E-state index is 0.215. The summed E-state index contributed by atoms with van der Waals surface area (Å²) >= 11 is 0. The lowest BCUT2D eigenvalue weighted by molar-refractivity contribution is 0.405. The third-order valence-electron chi connectivity index (χ3n) is 5.37. The first-order valence-corrected chi connectivity index (χ1v) is 8.95. The van der Waals surface area contributed by atoms with Gasteiger partial charge in [0.1, 0.15) is 11.5 Å². The van der Waals surface area contributed by atoms with Gasteiger partial charge in [0.25, 0.3) is 0 Å². The van der Waals surface area contributed by atoms with Crippen molar-refractivity contribution in [3.63, 3.8) is 0 Å². The van der Waals surface area contributed by atoms with Gasteiger partial charge in [-0.05, 0) is 52.9 Å². The molecule has 3 aromatic carbocycles. The molecule has 3 aromatic rings. The van der Waals surface area contributed by atoms with Gasteiger partial charge < -0.3 is 15.2 Å².